The average Bonchev–Trinajstić information content (AvgIpc) is 3.30. The largest absolute Gasteiger partial charge is 0.454 e. The van der Waals surface area contributed by atoms with E-state index in [9.17, 15) is 4.79 Å². The van der Waals surface area contributed by atoms with Crippen LogP contribution in [0.2, 0.25) is 0 Å². The van der Waals surface area contributed by atoms with Crippen molar-refractivity contribution in [2.24, 2.45) is 5.92 Å². The lowest BCUT2D eigenvalue weighted by Crippen LogP contribution is -2.33. The summed E-state index contributed by atoms with van der Waals surface area (Å²) < 4.78 is 10.7. The molecule has 4 rings (SSSR count). The average molecular weight is 338 g/mol. The van der Waals surface area contributed by atoms with E-state index in [1.807, 2.05) is 18.0 Å². The summed E-state index contributed by atoms with van der Waals surface area (Å²) in [6.45, 7) is 3.01. The maximum Gasteiger partial charge on any atom is 0.253 e. The van der Waals surface area contributed by atoms with Crippen LogP contribution in [-0.4, -0.2) is 44.3 Å². The molecule has 5 heteroatoms. The first-order valence-electron chi connectivity index (χ1n) is 8.66. The minimum Gasteiger partial charge on any atom is -0.454 e. The highest BCUT2D eigenvalue weighted by atomic mass is 16.7. The Kier molecular flexibility index (Phi) is 4.22. The standard InChI is InChI=1S/C20H22N2O3/c1-21(20(23)16-7-8-18-19(11-16)25-14-24-18)12-15-9-10-22(13-15)17-5-3-2-4-6-17/h2-8,11,15H,9-10,12-14H2,1H3/t15-/m0/s1. The quantitative estimate of drug-likeness (QED) is 0.859. The number of anilines is 1. The summed E-state index contributed by atoms with van der Waals surface area (Å²) in [4.78, 5) is 16.9. The number of rotatable bonds is 4. The number of carbonyl (C=O) groups is 1. The maximum atomic E-state index is 12.7. The van der Waals surface area contributed by atoms with Crippen LogP contribution in [0.15, 0.2) is 48.5 Å². The summed E-state index contributed by atoms with van der Waals surface area (Å²) in [5.41, 5.74) is 1.90. The number of nitrogens with zero attached hydrogens (tertiary/aromatic N) is 2. The first-order chi connectivity index (χ1) is 12.2. The van der Waals surface area contributed by atoms with Crippen molar-refractivity contribution in [3.8, 4) is 11.5 Å². The molecule has 1 amide bonds. The molecule has 2 aromatic carbocycles. The molecule has 0 saturated carbocycles. The highest BCUT2D eigenvalue weighted by Gasteiger charge is 2.26. The van der Waals surface area contributed by atoms with E-state index in [4.69, 9.17) is 9.47 Å². The predicted molar refractivity (Wildman–Crippen MR) is 96.3 cm³/mol. The lowest BCUT2D eigenvalue weighted by Gasteiger charge is -2.23. The van der Waals surface area contributed by atoms with Gasteiger partial charge in [-0.3, -0.25) is 4.79 Å². The molecule has 130 valence electrons. The molecule has 2 heterocycles. The first-order valence-corrected chi connectivity index (χ1v) is 8.66. The molecule has 0 bridgehead atoms. The second-order valence-corrected chi connectivity index (χ2v) is 6.69. The second-order valence-electron chi connectivity index (χ2n) is 6.69. The van der Waals surface area contributed by atoms with E-state index >= 15 is 0 Å². The summed E-state index contributed by atoms with van der Waals surface area (Å²) in [5.74, 6) is 1.86. The van der Waals surface area contributed by atoms with Crippen molar-refractivity contribution in [3.05, 3.63) is 54.1 Å². The van der Waals surface area contributed by atoms with Crippen molar-refractivity contribution in [2.75, 3.05) is 38.4 Å². The van der Waals surface area contributed by atoms with Gasteiger partial charge in [0.05, 0.1) is 0 Å². The fourth-order valence-electron chi connectivity index (χ4n) is 3.58. The summed E-state index contributed by atoms with van der Waals surface area (Å²) in [6.07, 6.45) is 1.10. The van der Waals surface area contributed by atoms with Crippen LogP contribution in [0.5, 0.6) is 11.5 Å². The minimum absolute atomic E-state index is 0.0245. The van der Waals surface area contributed by atoms with Gasteiger partial charge in [0.25, 0.3) is 5.91 Å². The van der Waals surface area contributed by atoms with Gasteiger partial charge in [-0.05, 0) is 42.7 Å². The van der Waals surface area contributed by atoms with E-state index in [2.05, 4.69) is 29.2 Å². The van der Waals surface area contributed by atoms with Gasteiger partial charge < -0.3 is 19.3 Å². The molecule has 0 aromatic heterocycles. The van der Waals surface area contributed by atoms with Gasteiger partial charge in [0.1, 0.15) is 0 Å². The van der Waals surface area contributed by atoms with Crippen LogP contribution >= 0.6 is 0 Å². The predicted octanol–water partition coefficient (Wildman–Crippen LogP) is 3.01. The van der Waals surface area contributed by atoms with Gasteiger partial charge in [-0.25, -0.2) is 0 Å². The van der Waals surface area contributed by atoms with Gasteiger partial charge in [0.15, 0.2) is 11.5 Å². The zero-order valence-corrected chi connectivity index (χ0v) is 14.4. The van der Waals surface area contributed by atoms with E-state index in [0.717, 1.165) is 26.1 Å². The normalized spacial score (nSPS) is 18.4. The molecule has 25 heavy (non-hydrogen) atoms. The lowest BCUT2D eigenvalue weighted by molar-refractivity contribution is 0.0776. The second kappa shape index (κ2) is 6.67. The number of benzene rings is 2. The Morgan fingerprint density at radius 3 is 2.80 bits per heavy atom. The Hall–Kier alpha value is -2.69. The Morgan fingerprint density at radius 2 is 1.96 bits per heavy atom. The first kappa shape index (κ1) is 15.8. The van der Waals surface area contributed by atoms with Gasteiger partial charge in [0.2, 0.25) is 6.79 Å². The summed E-state index contributed by atoms with van der Waals surface area (Å²) in [5, 5.41) is 0. The molecule has 0 N–H and O–H groups in total. The molecular formula is C20H22N2O3. The Balaban J connectivity index is 1.37. The topological polar surface area (TPSA) is 42.0 Å². The van der Waals surface area contributed by atoms with E-state index in [-0.39, 0.29) is 12.7 Å². The molecule has 0 unspecified atom stereocenters. The fourth-order valence-corrected chi connectivity index (χ4v) is 3.58. The molecule has 2 aliphatic rings. The molecule has 1 saturated heterocycles. The number of para-hydroxylation sites is 1. The minimum atomic E-state index is 0.0245. The van der Waals surface area contributed by atoms with Crippen molar-refractivity contribution >= 4 is 11.6 Å². The number of hydrogen-bond donors (Lipinski definition) is 0. The van der Waals surface area contributed by atoms with Crippen LogP contribution in [0.4, 0.5) is 5.69 Å². The van der Waals surface area contributed by atoms with Crippen LogP contribution in [-0.2, 0) is 0 Å². The smallest absolute Gasteiger partial charge is 0.253 e. The maximum absolute atomic E-state index is 12.7. The van der Waals surface area contributed by atoms with Crippen molar-refractivity contribution < 1.29 is 14.3 Å². The zero-order chi connectivity index (χ0) is 17.2. The molecular weight excluding hydrogens is 316 g/mol. The molecule has 1 fully saturated rings. The number of ether oxygens (including phenoxy) is 2. The van der Waals surface area contributed by atoms with Gasteiger partial charge in [-0.2, -0.15) is 0 Å². The van der Waals surface area contributed by atoms with Crippen LogP contribution in [0.25, 0.3) is 0 Å². The van der Waals surface area contributed by atoms with Crippen LogP contribution < -0.4 is 14.4 Å². The molecule has 5 nitrogen and oxygen atoms in total. The Labute approximate surface area is 147 Å². The number of carbonyl (C=O) groups excluding carboxylic acids is 1. The van der Waals surface area contributed by atoms with Gasteiger partial charge in [0, 0.05) is 37.9 Å². The van der Waals surface area contributed by atoms with Crippen molar-refractivity contribution in [3.63, 3.8) is 0 Å². The van der Waals surface area contributed by atoms with Crippen molar-refractivity contribution in [1.29, 1.82) is 0 Å². The Bertz CT molecular complexity index is 763. The molecule has 1 atom stereocenters. The molecule has 0 spiro atoms. The van der Waals surface area contributed by atoms with Crippen LogP contribution in [0.1, 0.15) is 16.8 Å². The Morgan fingerprint density at radius 1 is 1.16 bits per heavy atom. The van der Waals surface area contributed by atoms with E-state index < -0.39 is 0 Å². The fraction of sp³-hybridized carbons (Fsp3) is 0.350. The zero-order valence-electron chi connectivity index (χ0n) is 14.4. The SMILES string of the molecule is CN(C[C@@H]1CCN(c2ccccc2)C1)C(=O)c1ccc2c(c1)OCO2. The molecule has 0 radical (unpaired) electrons. The highest BCUT2D eigenvalue weighted by molar-refractivity contribution is 5.94. The number of amides is 1. The summed E-state index contributed by atoms with van der Waals surface area (Å²) in [6, 6.07) is 15.8. The van der Waals surface area contributed by atoms with Gasteiger partial charge in [-0.15, -0.1) is 0 Å². The van der Waals surface area contributed by atoms with E-state index in [0.29, 0.717) is 23.0 Å². The lowest BCUT2D eigenvalue weighted by atomic mass is 10.1. The van der Waals surface area contributed by atoms with Crippen LogP contribution in [0.3, 0.4) is 0 Å². The number of fused-ring (bicyclic) bond motifs is 1. The third-order valence-corrected chi connectivity index (χ3v) is 4.91. The van der Waals surface area contributed by atoms with Gasteiger partial charge >= 0.3 is 0 Å². The third kappa shape index (κ3) is 3.27. The third-order valence-electron chi connectivity index (χ3n) is 4.91. The van der Waals surface area contributed by atoms with E-state index in [1.165, 1.54) is 5.69 Å². The van der Waals surface area contributed by atoms with Crippen LogP contribution in [0, 0.1) is 5.92 Å². The highest BCUT2D eigenvalue weighted by Crippen LogP contribution is 2.33. The molecule has 2 aliphatic heterocycles. The molecule has 0 aliphatic carbocycles. The van der Waals surface area contributed by atoms with Crippen molar-refractivity contribution in [2.45, 2.75) is 6.42 Å². The van der Waals surface area contributed by atoms with Crippen molar-refractivity contribution in [1.82, 2.24) is 4.90 Å². The van der Waals surface area contributed by atoms with E-state index in [1.54, 1.807) is 18.2 Å². The monoisotopic (exact) mass is 338 g/mol. The van der Waals surface area contributed by atoms with Gasteiger partial charge in [-0.1, -0.05) is 18.2 Å². The number of hydrogen-bond acceptors (Lipinski definition) is 4. The molecule has 2 aromatic rings. The summed E-state index contributed by atoms with van der Waals surface area (Å²) in [7, 11) is 1.87. The summed E-state index contributed by atoms with van der Waals surface area (Å²) >= 11 is 0.